The van der Waals surface area contributed by atoms with Crippen LogP contribution in [0.4, 0.5) is 0 Å². The Hall–Kier alpha value is -7.06. The summed E-state index contributed by atoms with van der Waals surface area (Å²) in [5, 5.41) is 0. The van der Waals surface area contributed by atoms with Crippen LogP contribution in [0.25, 0.3) is 79.7 Å². The van der Waals surface area contributed by atoms with Crippen molar-refractivity contribution in [3.8, 4) is 79.7 Å². The summed E-state index contributed by atoms with van der Waals surface area (Å²) in [6, 6.07) is 46.0. The Bertz CT molecular complexity index is 2400. The van der Waals surface area contributed by atoms with Crippen LogP contribution in [0.3, 0.4) is 0 Å². The predicted molar refractivity (Wildman–Crippen MR) is 201 cm³/mol. The van der Waals surface area contributed by atoms with Crippen LogP contribution in [0.1, 0.15) is 5.56 Å². The third kappa shape index (κ3) is 6.93. The normalized spacial score (nSPS) is 10.9. The van der Waals surface area contributed by atoms with Crippen LogP contribution >= 0.6 is 0 Å². The second kappa shape index (κ2) is 14.2. The van der Waals surface area contributed by atoms with Crippen molar-refractivity contribution in [1.29, 1.82) is 0 Å². The highest BCUT2D eigenvalue weighted by Crippen LogP contribution is 2.30. The summed E-state index contributed by atoms with van der Waals surface area (Å²) in [6.07, 6.45) is 6.07. The molecule has 8 nitrogen and oxygen atoms in total. The van der Waals surface area contributed by atoms with Gasteiger partial charge in [0, 0.05) is 40.2 Å². The zero-order chi connectivity index (χ0) is 34.4. The monoisotopic (exact) mass is 658 g/mol. The van der Waals surface area contributed by atoms with Gasteiger partial charge < -0.3 is 0 Å². The zero-order valence-corrected chi connectivity index (χ0v) is 27.5. The van der Waals surface area contributed by atoms with Gasteiger partial charge in [-0.2, -0.15) is 0 Å². The molecule has 8 heteroatoms. The topological polar surface area (TPSA) is 103 Å². The van der Waals surface area contributed by atoms with Gasteiger partial charge in [-0.3, -0.25) is 4.98 Å². The van der Waals surface area contributed by atoms with Crippen LogP contribution < -0.4 is 0 Å². The van der Waals surface area contributed by atoms with Crippen molar-refractivity contribution >= 4 is 0 Å². The first-order chi connectivity index (χ1) is 25.2. The van der Waals surface area contributed by atoms with E-state index < -0.39 is 0 Å². The molecule has 0 N–H and O–H groups in total. The highest BCUT2D eigenvalue weighted by atomic mass is 15.1. The number of benzene rings is 4. The molecule has 8 aromatic rings. The molecule has 4 aromatic heterocycles. The average Bonchev–Trinajstić information content (AvgIpc) is 3.22. The Morgan fingerprint density at radius 3 is 1.29 bits per heavy atom. The zero-order valence-electron chi connectivity index (χ0n) is 27.5. The van der Waals surface area contributed by atoms with E-state index in [0.29, 0.717) is 23.0 Å². The number of rotatable bonds is 9. The summed E-state index contributed by atoms with van der Waals surface area (Å²) >= 11 is 0. The number of nitrogens with zero attached hydrogens (tertiary/aromatic N) is 8. The molecule has 0 saturated carbocycles. The van der Waals surface area contributed by atoms with Crippen molar-refractivity contribution in [2.45, 2.75) is 6.42 Å². The van der Waals surface area contributed by atoms with Crippen molar-refractivity contribution in [2.75, 3.05) is 0 Å². The summed E-state index contributed by atoms with van der Waals surface area (Å²) in [6.45, 7) is 3.91. The number of allylic oxidation sites excluding steroid dienone is 1. The molecular formula is C43H30N8. The third-order valence-corrected chi connectivity index (χ3v) is 8.22. The van der Waals surface area contributed by atoms with Crippen LogP contribution in [0.5, 0.6) is 0 Å². The number of hydrogen-bond donors (Lipinski definition) is 0. The van der Waals surface area contributed by atoms with E-state index in [1.165, 1.54) is 0 Å². The summed E-state index contributed by atoms with van der Waals surface area (Å²) in [5.74, 6) is 1.67. The molecular weight excluding hydrogens is 629 g/mol. The predicted octanol–water partition coefficient (Wildman–Crippen LogP) is 9.24. The van der Waals surface area contributed by atoms with Gasteiger partial charge in [-0.05, 0) is 42.3 Å². The lowest BCUT2D eigenvalue weighted by atomic mass is 10.0. The fraction of sp³-hybridized carbons (Fsp3) is 0.0233. The number of pyridine rings is 1. The lowest BCUT2D eigenvalue weighted by molar-refractivity contribution is 1.01. The second-order valence-corrected chi connectivity index (χ2v) is 11.8. The van der Waals surface area contributed by atoms with Crippen LogP contribution in [0, 0.1) is 0 Å². The molecule has 0 aliphatic carbocycles. The van der Waals surface area contributed by atoms with E-state index in [2.05, 4.69) is 23.7 Å². The van der Waals surface area contributed by atoms with Gasteiger partial charge in [-0.1, -0.05) is 115 Å². The Morgan fingerprint density at radius 2 is 0.824 bits per heavy atom. The molecule has 0 aliphatic rings. The number of aromatic nitrogens is 8. The molecule has 0 aliphatic heterocycles. The third-order valence-electron chi connectivity index (χ3n) is 8.22. The van der Waals surface area contributed by atoms with E-state index in [9.17, 15) is 0 Å². The molecule has 0 atom stereocenters. The van der Waals surface area contributed by atoms with Crippen molar-refractivity contribution in [3.63, 3.8) is 0 Å². The van der Waals surface area contributed by atoms with E-state index in [1.807, 2.05) is 133 Å². The van der Waals surface area contributed by atoms with Gasteiger partial charge in [-0.15, -0.1) is 6.58 Å². The second-order valence-electron chi connectivity index (χ2n) is 11.8. The lowest BCUT2D eigenvalue weighted by Crippen LogP contribution is -2.06. The van der Waals surface area contributed by atoms with Gasteiger partial charge >= 0.3 is 0 Å². The van der Waals surface area contributed by atoms with Gasteiger partial charge in [0.2, 0.25) is 11.6 Å². The Labute approximate surface area is 295 Å². The minimum atomic E-state index is 0.287. The van der Waals surface area contributed by atoms with Crippen molar-refractivity contribution in [2.24, 2.45) is 0 Å². The largest absolute Gasteiger partial charge is 0.264 e. The first-order valence-electron chi connectivity index (χ1n) is 16.5. The van der Waals surface area contributed by atoms with Crippen LogP contribution in [-0.4, -0.2) is 39.9 Å². The minimum Gasteiger partial charge on any atom is -0.264 e. The fourth-order valence-corrected chi connectivity index (χ4v) is 5.74. The maximum atomic E-state index is 5.05. The van der Waals surface area contributed by atoms with Gasteiger partial charge in [0.05, 0.1) is 22.8 Å². The molecule has 0 bridgehead atoms. The average molecular weight is 659 g/mol. The summed E-state index contributed by atoms with van der Waals surface area (Å²) in [5.41, 5.74) is 8.59. The lowest BCUT2D eigenvalue weighted by Gasteiger charge is -2.12. The van der Waals surface area contributed by atoms with Gasteiger partial charge in [0.15, 0.2) is 17.5 Å². The molecule has 242 valence electrons. The molecule has 51 heavy (non-hydrogen) atoms. The van der Waals surface area contributed by atoms with E-state index in [4.69, 9.17) is 34.9 Å². The smallest absolute Gasteiger partial charge is 0.202 e. The highest BCUT2D eigenvalue weighted by Gasteiger charge is 2.20. The SMILES string of the molecule is C=CCc1cccc(-c2cc(-c3ccccc3)nc(-c3nc(-c4cccnc4)nc(-c4nc(-c5ccccc5)cc(-c5ccccc5)n4)n3)n2)c1. The standard InChI is InChI=1S/C43H30N8/c1-2-14-29-15-12-22-33(25-29)38-27-37(32-20-10-5-11-21-32)47-41(48-38)43-50-39(34-23-13-24-44-28-34)49-42(51-43)40-45-35(30-16-6-3-7-17-30)26-36(46-40)31-18-8-4-9-19-31/h2-13,15-28H,1,14H2. The number of hydrogen-bond acceptors (Lipinski definition) is 8. The van der Waals surface area contributed by atoms with E-state index in [1.54, 1.807) is 12.4 Å². The van der Waals surface area contributed by atoms with E-state index >= 15 is 0 Å². The van der Waals surface area contributed by atoms with E-state index in [0.717, 1.165) is 57.0 Å². The Morgan fingerprint density at radius 1 is 0.392 bits per heavy atom. The van der Waals surface area contributed by atoms with Crippen molar-refractivity contribution < 1.29 is 0 Å². The first-order valence-corrected chi connectivity index (χ1v) is 16.5. The molecule has 8 rings (SSSR count). The molecule has 0 amide bonds. The summed E-state index contributed by atoms with van der Waals surface area (Å²) in [7, 11) is 0. The highest BCUT2D eigenvalue weighted by molar-refractivity contribution is 5.73. The molecule has 0 spiro atoms. The fourth-order valence-electron chi connectivity index (χ4n) is 5.74. The van der Waals surface area contributed by atoms with Crippen LogP contribution in [-0.2, 0) is 6.42 Å². The summed E-state index contributed by atoms with van der Waals surface area (Å²) in [4.78, 5) is 39.2. The van der Waals surface area contributed by atoms with E-state index in [-0.39, 0.29) is 11.6 Å². The molecule has 0 saturated heterocycles. The van der Waals surface area contributed by atoms with Gasteiger partial charge in [-0.25, -0.2) is 34.9 Å². The first kappa shape index (κ1) is 31.2. The minimum absolute atomic E-state index is 0.287. The maximum Gasteiger partial charge on any atom is 0.202 e. The maximum absolute atomic E-state index is 5.05. The molecule has 0 fully saturated rings. The molecule has 0 unspecified atom stereocenters. The Kier molecular flexibility index (Phi) is 8.69. The quantitative estimate of drug-likeness (QED) is 0.141. The van der Waals surface area contributed by atoms with Gasteiger partial charge in [0.25, 0.3) is 0 Å². The Balaban J connectivity index is 1.36. The van der Waals surface area contributed by atoms with Crippen molar-refractivity contribution in [3.05, 3.63) is 170 Å². The van der Waals surface area contributed by atoms with Gasteiger partial charge in [0.1, 0.15) is 0 Å². The molecule has 4 aromatic carbocycles. The summed E-state index contributed by atoms with van der Waals surface area (Å²) < 4.78 is 0. The molecule has 4 heterocycles. The van der Waals surface area contributed by atoms with Crippen LogP contribution in [0.15, 0.2) is 165 Å². The van der Waals surface area contributed by atoms with Crippen LogP contribution in [0.2, 0.25) is 0 Å². The van der Waals surface area contributed by atoms with Crippen molar-refractivity contribution in [1.82, 2.24) is 39.9 Å². The molecule has 0 radical (unpaired) electrons.